The van der Waals surface area contributed by atoms with Crippen molar-refractivity contribution in [3.05, 3.63) is 29.6 Å². The number of benzene rings is 1. The Bertz CT molecular complexity index is 607. The van der Waals surface area contributed by atoms with Gasteiger partial charge in [0.1, 0.15) is 17.7 Å². The number of halogens is 2. The van der Waals surface area contributed by atoms with Gasteiger partial charge in [-0.15, -0.1) is 0 Å². The zero-order valence-corrected chi connectivity index (χ0v) is 12.2. The SMILES string of the molecule is CC(Br)C1CC2(NC(=O)NC2=O)c2cc(F)ccc2O1. The quantitative estimate of drug-likeness (QED) is 0.604. The lowest BCUT2D eigenvalue weighted by atomic mass is 9.81. The van der Waals surface area contributed by atoms with Crippen molar-refractivity contribution in [1.29, 1.82) is 0 Å². The first-order valence-electron chi connectivity index (χ1n) is 6.17. The molecule has 1 saturated heterocycles. The van der Waals surface area contributed by atoms with Crippen LogP contribution in [0.4, 0.5) is 9.18 Å². The third-order valence-corrected chi connectivity index (χ3v) is 4.23. The largest absolute Gasteiger partial charge is 0.489 e. The number of hydrogen-bond acceptors (Lipinski definition) is 3. The monoisotopic (exact) mass is 342 g/mol. The zero-order chi connectivity index (χ0) is 14.5. The average molecular weight is 343 g/mol. The normalized spacial score (nSPS) is 29.4. The molecule has 0 radical (unpaired) electrons. The molecule has 1 aromatic rings. The van der Waals surface area contributed by atoms with Crippen molar-refractivity contribution in [2.24, 2.45) is 0 Å². The molecule has 2 heterocycles. The molecule has 106 valence electrons. The van der Waals surface area contributed by atoms with E-state index < -0.39 is 23.3 Å². The predicted octanol–water partition coefficient (Wildman–Crippen LogP) is 1.79. The van der Waals surface area contributed by atoms with Gasteiger partial charge in [0.2, 0.25) is 0 Å². The molecule has 0 aromatic heterocycles. The first-order valence-corrected chi connectivity index (χ1v) is 7.08. The summed E-state index contributed by atoms with van der Waals surface area (Å²) in [6, 6.07) is 3.40. The number of rotatable bonds is 1. The molecule has 0 bridgehead atoms. The zero-order valence-electron chi connectivity index (χ0n) is 10.6. The maximum absolute atomic E-state index is 13.5. The molecule has 0 saturated carbocycles. The third kappa shape index (κ3) is 1.88. The van der Waals surface area contributed by atoms with E-state index in [1.807, 2.05) is 6.92 Å². The van der Waals surface area contributed by atoms with E-state index in [9.17, 15) is 14.0 Å². The van der Waals surface area contributed by atoms with Crippen LogP contribution in [0.5, 0.6) is 5.75 Å². The summed E-state index contributed by atoms with van der Waals surface area (Å²) in [5, 5.41) is 4.84. The molecule has 1 spiro atoms. The number of ether oxygens (including phenoxy) is 1. The number of imide groups is 1. The highest BCUT2D eigenvalue weighted by Gasteiger charge is 2.53. The topological polar surface area (TPSA) is 67.4 Å². The van der Waals surface area contributed by atoms with Crippen LogP contribution in [0.25, 0.3) is 0 Å². The number of urea groups is 1. The summed E-state index contributed by atoms with van der Waals surface area (Å²) in [6.45, 7) is 1.89. The summed E-state index contributed by atoms with van der Waals surface area (Å²) in [6.07, 6.45) is -0.0647. The summed E-state index contributed by atoms with van der Waals surface area (Å²) in [7, 11) is 0. The van der Waals surface area contributed by atoms with Crippen LogP contribution < -0.4 is 15.4 Å². The van der Waals surface area contributed by atoms with E-state index in [4.69, 9.17) is 4.74 Å². The summed E-state index contributed by atoms with van der Waals surface area (Å²) in [5.74, 6) is -0.548. The van der Waals surface area contributed by atoms with E-state index in [0.29, 0.717) is 11.3 Å². The fourth-order valence-electron chi connectivity index (χ4n) is 2.64. The molecule has 7 heteroatoms. The molecular formula is C13H12BrFN2O3. The molecule has 1 fully saturated rings. The van der Waals surface area contributed by atoms with Crippen LogP contribution in [0.2, 0.25) is 0 Å². The van der Waals surface area contributed by atoms with Gasteiger partial charge in [-0.2, -0.15) is 0 Å². The van der Waals surface area contributed by atoms with Crippen molar-refractivity contribution >= 4 is 27.9 Å². The number of amides is 3. The van der Waals surface area contributed by atoms with Gasteiger partial charge in [0.25, 0.3) is 5.91 Å². The summed E-state index contributed by atoms with van der Waals surface area (Å²) < 4.78 is 19.3. The Labute approximate surface area is 123 Å². The Morgan fingerprint density at radius 1 is 1.50 bits per heavy atom. The van der Waals surface area contributed by atoms with Crippen LogP contribution in [-0.2, 0) is 10.3 Å². The lowest BCUT2D eigenvalue weighted by Gasteiger charge is -2.38. The number of fused-ring (bicyclic) bond motifs is 2. The average Bonchev–Trinajstić information content (AvgIpc) is 2.65. The highest BCUT2D eigenvalue weighted by molar-refractivity contribution is 9.09. The van der Waals surface area contributed by atoms with Gasteiger partial charge in [-0.3, -0.25) is 10.1 Å². The van der Waals surface area contributed by atoms with Crippen molar-refractivity contribution in [1.82, 2.24) is 10.6 Å². The smallest absolute Gasteiger partial charge is 0.322 e. The standard InChI is InChI=1S/C13H12BrFN2O3/c1-6(14)10-5-13(11(18)16-12(19)17-13)8-4-7(15)2-3-9(8)20-10/h2-4,6,10H,5H2,1H3,(H2,16,17,18,19). The van der Waals surface area contributed by atoms with Crippen LogP contribution >= 0.6 is 15.9 Å². The molecule has 3 amide bonds. The Balaban J connectivity index is 2.16. The summed E-state index contributed by atoms with van der Waals surface area (Å²) >= 11 is 3.42. The van der Waals surface area contributed by atoms with Crippen molar-refractivity contribution < 1.29 is 18.7 Å². The maximum atomic E-state index is 13.5. The van der Waals surface area contributed by atoms with Gasteiger partial charge in [0.05, 0.1) is 0 Å². The third-order valence-electron chi connectivity index (χ3n) is 3.64. The van der Waals surface area contributed by atoms with Crippen molar-refractivity contribution in [2.45, 2.75) is 29.8 Å². The number of alkyl halides is 1. The van der Waals surface area contributed by atoms with Gasteiger partial charge in [-0.05, 0) is 25.1 Å². The van der Waals surface area contributed by atoms with Gasteiger partial charge in [0.15, 0.2) is 5.54 Å². The fraction of sp³-hybridized carbons (Fsp3) is 0.385. The molecule has 3 rings (SSSR count). The number of carbonyl (C=O) groups is 2. The Morgan fingerprint density at radius 3 is 2.85 bits per heavy atom. The minimum atomic E-state index is -1.26. The Morgan fingerprint density at radius 2 is 2.25 bits per heavy atom. The van der Waals surface area contributed by atoms with E-state index >= 15 is 0 Å². The van der Waals surface area contributed by atoms with Gasteiger partial charge in [-0.25, -0.2) is 9.18 Å². The number of carbonyl (C=O) groups excluding carboxylic acids is 2. The Kier molecular flexibility index (Phi) is 2.97. The summed E-state index contributed by atoms with van der Waals surface area (Å²) in [4.78, 5) is 23.7. The first-order chi connectivity index (χ1) is 9.42. The molecular weight excluding hydrogens is 331 g/mol. The van der Waals surface area contributed by atoms with E-state index in [2.05, 4.69) is 26.6 Å². The number of nitrogens with one attached hydrogen (secondary N) is 2. The summed E-state index contributed by atoms with van der Waals surface area (Å²) in [5.41, 5.74) is -0.912. The van der Waals surface area contributed by atoms with Crippen molar-refractivity contribution in [2.75, 3.05) is 0 Å². The lowest BCUT2D eigenvalue weighted by Crippen LogP contribution is -2.52. The van der Waals surface area contributed by atoms with Gasteiger partial charge >= 0.3 is 6.03 Å². The minimum absolute atomic E-state index is 0.0251. The van der Waals surface area contributed by atoms with Gasteiger partial charge < -0.3 is 10.1 Å². The van der Waals surface area contributed by atoms with Gasteiger partial charge in [0, 0.05) is 16.8 Å². The highest BCUT2D eigenvalue weighted by atomic mass is 79.9. The van der Waals surface area contributed by atoms with E-state index in [0.717, 1.165) is 0 Å². The highest BCUT2D eigenvalue weighted by Crippen LogP contribution is 2.43. The van der Waals surface area contributed by atoms with Crippen LogP contribution in [-0.4, -0.2) is 22.9 Å². The van der Waals surface area contributed by atoms with Crippen LogP contribution in [0.3, 0.4) is 0 Å². The molecule has 1 aromatic carbocycles. The van der Waals surface area contributed by atoms with Crippen LogP contribution in [0.15, 0.2) is 18.2 Å². The molecule has 3 atom stereocenters. The molecule has 2 aliphatic heterocycles. The fourth-order valence-corrected chi connectivity index (χ4v) is 2.93. The van der Waals surface area contributed by atoms with E-state index in [-0.39, 0.29) is 17.4 Å². The second-order valence-corrected chi connectivity index (χ2v) is 6.44. The molecule has 20 heavy (non-hydrogen) atoms. The first kappa shape index (κ1) is 13.4. The second-order valence-electron chi connectivity index (χ2n) is 4.99. The molecule has 2 aliphatic rings. The van der Waals surface area contributed by atoms with Gasteiger partial charge in [-0.1, -0.05) is 15.9 Å². The maximum Gasteiger partial charge on any atom is 0.322 e. The lowest BCUT2D eigenvalue weighted by molar-refractivity contribution is -0.126. The van der Waals surface area contributed by atoms with E-state index in [1.54, 1.807) is 0 Å². The molecule has 5 nitrogen and oxygen atoms in total. The second kappa shape index (κ2) is 4.44. The predicted molar refractivity (Wildman–Crippen MR) is 72.2 cm³/mol. The van der Waals surface area contributed by atoms with E-state index in [1.165, 1.54) is 18.2 Å². The van der Waals surface area contributed by atoms with Crippen LogP contribution in [0, 0.1) is 5.82 Å². The number of hydrogen-bond donors (Lipinski definition) is 2. The minimum Gasteiger partial charge on any atom is -0.489 e. The van der Waals surface area contributed by atoms with Crippen LogP contribution in [0.1, 0.15) is 18.9 Å². The molecule has 3 unspecified atom stereocenters. The molecule has 0 aliphatic carbocycles. The molecule has 2 N–H and O–H groups in total. The van der Waals surface area contributed by atoms with Crippen molar-refractivity contribution in [3.8, 4) is 5.75 Å². The van der Waals surface area contributed by atoms with Crippen molar-refractivity contribution in [3.63, 3.8) is 0 Å². The Hall–Kier alpha value is -1.63.